The lowest BCUT2D eigenvalue weighted by Crippen LogP contribution is -2.42. The number of rotatable bonds is 2. The van der Waals surface area contributed by atoms with Crippen LogP contribution in [0.3, 0.4) is 0 Å². The maximum Gasteiger partial charge on any atom is 0.0426 e. The van der Waals surface area contributed by atoms with Gasteiger partial charge in [0.25, 0.3) is 0 Å². The molecule has 0 aromatic heterocycles. The van der Waals surface area contributed by atoms with Crippen molar-refractivity contribution in [3.63, 3.8) is 0 Å². The molecule has 0 bridgehead atoms. The van der Waals surface area contributed by atoms with Gasteiger partial charge in [-0.25, -0.2) is 0 Å². The fourth-order valence-electron chi connectivity index (χ4n) is 3.76. The van der Waals surface area contributed by atoms with Gasteiger partial charge in [-0.05, 0) is 42.4 Å². The maximum absolute atomic E-state index is 6.19. The van der Waals surface area contributed by atoms with Crippen LogP contribution in [0.2, 0.25) is 5.02 Å². The summed E-state index contributed by atoms with van der Waals surface area (Å²) in [7, 11) is 0. The molecule has 0 N–H and O–H groups in total. The van der Waals surface area contributed by atoms with Gasteiger partial charge in [0.15, 0.2) is 0 Å². The zero-order chi connectivity index (χ0) is 13.2. The second-order valence-electron chi connectivity index (χ2n) is 5.95. The predicted molar refractivity (Wildman–Crippen MR) is 86.4 cm³/mol. The molecule has 19 heavy (non-hydrogen) atoms. The van der Waals surface area contributed by atoms with Gasteiger partial charge >= 0.3 is 0 Å². The Hall–Kier alpha value is -0.210. The molecule has 2 atom stereocenters. The molecule has 1 heterocycles. The molecule has 0 radical (unpaired) electrons. The molecule has 1 aromatic rings. The normalized spacial score (nSPS) is 27.2. The van der Waals surface area contributed by atoms with Gasteiger partial charge in [0, 0.05) is 29.1 Å². The first-order valence-electron chi connectivity index (χ1n) is 7.37. The zero-order valence-corrected chi connectivity index (χ0v) is 13.6. The van der Waals surface area contributed by atoms with Crippen molar-refractivity contribution in [1.82, 2.24) is 0 Å². The smallest absolute Gasteiger partial charge is 0.0426 e. The molecular formula is C16H21BrClN. The van der Waals surface area contributed by atoms with Crippen LogP contribution in [0.4, 0.5) is 5.69 Å². The molecule has 1 aliphatic carbocycles. The molecule has 1 aromatic carbocycles. The Morgan fingerprint density at radius 2 is 1.95 bits per heavy atom. The fourth-order valence-corrected chi connectivity index (χ4v) is 4.40. The van der Waals surface area contributed by atoms with Crippen LogP contribution in [-0.2, 0) is 5.33 Å². The molecule has 0 spiro atoms. The summed E-state index contributed by atoms with van der Waals surface area (Å²) in [6.07, 6.45) is 7.12. The highest BCUT2D eigenvalue weighted by atomic mass is 79.9. The first kappa shape index (κ1) is 13.8. The van der Waals surface area contributed by atoms with Crippen molar-refractivity contribution in [2.75, 3.05) is 18.0 Å². The highest BCUT2D eigenvalue weighted by Crippen LogP contribution is 2.39. The topological polar surface area (TPSA) is 3.24 Å². The highest BCUT2D eigenvalue weighted by molar-refractivity contribution is 9.08. The average molecular weight is 343 g/mol. The highest BCUT2D eigenvalue weighted by Gasteiger charge is 2.31. The lowest BCUT2D eigenvalue weighted by Gasteiger charge is -2.43. The Bertz CT molecular complexity index is 448. The third kappa shape index (κ3) is 2.95. The van der Waals surface area contributed by atoms with E-state index in [2.05, 4.69) is 33.0 Å². The summed E-state index contributed by atoms with van der Waals surface area (Å²) in [6, 6.07) is 6.29. The van der Waals surface area contributed by atoms with Crippen LogP contribution in [0.1, 0.15) is 37.7 Å². The minimum Gasteiger partial charge on any atom is -0.371 e. The van der Waals surface area contributed by atoms with Crippen LogP contribution in [0, 0.1) is 11.8 Å². The molecule has 1 nitrogen and oxygen atoms in total. The molecule has 1 saturated carbocycles. The van der Waals surface area contributed by atoms with E-state index in [0.717, 1.165) is 22.2 Å². The summed E-state index contributed by atoms with van der Waals surface area (Å²) < 4.78 is 0. The van der Waals surface area contributed by atoms with Gasteiger partial charge in [-0.2, -0.15) is 0 Å². The van der Waals surface area contributed by atoms with Gasteiger partial charge in [-0.15, -0.1) is 0 Å². The molecule has 2 fully saturated rings. The SMILES string of the molecule is Clc1ccc(CBr)c(N2CCC3CCCCC3C2)c1. The first-order chi connectivity index (χ1) is 9.28. The Balaban J connectivity index is 1.80. The van der Waals surface area contributed by atoms with Gasteiger partial charge in [0.1, 0.15) is 0 Å². The minimum atomic E-state index is 0.852. The summed E-state index contributed by atoms with van der Waals surface area (Å²) in [5, 5.41) is 1.76. The number of fused-ring (bicyclic) bond motifs is 1. The molecule has 1 saturated heterocycles. The quantitative estimate of drug-likeness (QED) is 0.663. The van der Waals surface area contributed by atoms with Gasteiger partial charge in [-0.3, -0.25) is 0 Å². The first-order valence-corrected chi connectivity index (χ1v) is 8.87. The summed E-state index contributed by atoms with van der Waals surface area (Å²) in [5.41, 5.74) is 2.70. The van der Waals surface area contributed by atoms with Crippen molar-refractivity contribution in [2.45, 2.75) is 37.4 Å². The van der Waals surface area contributed by atoms with Crippen molar-refractivity contribution < 1.29 is 0 Å². The number of hydrogen-bond donors (Lipinski definition) is 0. The number of benzene rings is 1. The zero-order valence-electron chi connectivity index (χ0n) is 11.2. The summed E-state index contributed by atoms with van der Waals surface area (Å²) >= 11 is 9.79. The third-order valence-electron chi connectivity index (χ3n) is 4.82. The lowest BCUT2D eigenvalue weighted by molar-refractivity contribution is 0.202. The van der Waals surface area contributed by atoms with Crippen LogP contribution < -0.4 is 4.90 Å². The van der Waals surface area contributed by atoms with Crippen LogP contribution in [0.5, 0.6) is 0 Å². The van der Waals surface area contributed by atoms with Crippen LogP contribution in [0.25, 0.3) is 0 Å². The second kappa shape index (κ2) is 6.05. The number of halogens is 2. The number of piperidine rings is 1. The van der Waals surface area contributed by atoms with Gasteiger partial charge < -0.3 is 4.90 Å². The van der Waals surface area contributed by atoms with E-state index in [1.807, 2.05) is 6.07 Å². The molecule has 0 amide bonds. The largest absolute Gasteiger partial charge is 0.371 e. The van der Waals surface area contributed by atoms with E-state index < -0.39 is 0 Å². The van der Waals surface area contributed by atoms with E-state index >= 15 is 0 Å². The Labute approximate surface area is 129 Å². The lowest BCUT2D eigenvalue weighted by atomic mass is 9.75. The van der Waals surface area contributed by atoms with Crippen molar-refractivity contribution in [3.8, 4) is 0 Å². The molecular weight excluding hydrogens is 322 g/mol. The standard InChI is InChI=1S/C16H21BrClN/c17-10-13-5-6-15(18)9-16(13)19-8-7-12-3-1-2-4-14(12)11-19/h5-6,9,12,14H,1-4,7-8,10-11H2. The Morgan fingerprint density at radius 3 is 2.74 bits per heavy atom. The van der Waals surface area contributed by atoms with Gasteiger partial charge in [0.2, 0.25) is 0 Å². The monoisotopic (exact) mass is 341 g/mol. The number of alkyl halides is 1. The van der Waals surface area contributed by atoms with Gasteiger partial charge in [0.05, 0.1) is 0 Å². The second-order valence-corrected chi connectivity index (χ2v) is 6.94. The number of hydrogen-bond acceptors (Lipinski definition) is 1. The summed E-state index contributed by atoms with van der Waals surface area (Å²) in [6.45, 7) is 2.42. The minimum absolute atomic E-state index is 0.852. The van der Waals surface area contributed by atoms with Crippen molar-refractivity contribution in [1.29, 1.82) is 0 Å². The fraction of sp³-hybridized carbons (Fsp3) is 0.625. The van der Waals surface area contributed by atoms with Crippen molar-refractivity contribution in [3.05, 3.63) is 28.8 Å². The molecule has 3 rings (SSSR count). The van der Waals surface area contributed by atoms with E-state index in [0.29, 0.717) is 0 Å². The summed E-state index contributed by atoms with van der Waals surface area (Å²) in [4.78, 5) is 2.56. The van der Waals surface area contributed by atoms with Crippen LogP contribution in [-0.4, -0.2) is 13.1 Å². The van der Waals surface area contributed by atoms with Crippen LogP contribution >= 0.6 is 27.5 Å². The predicted octanol–water partition coefficient (Wildman–Crippen LogP) is 5.25. The van der Waals surface area contributed by atoms with Gasteiger partial charge in [-0.1, -0.05) is 52.9 Å². The van der Waals surface area contributed by atoms with E-state index in [9.17, 15) is 0 Å². The number of anilines is 1. The molecule has 2 aliphatic rings. The van der Waals surface area contributed by atoms with E-state index in [1.54, 1.807) is 0 Å². The van der Waals surface area contributed by atoms with Crippen molar-refractivity contribution >= 4 is 33.2 Å². The molecule has 2 unspecified atom stereocenters. The van der Waals surface area contributed by atoms with Crippen LogP contribution in [0.15, 0.2) is 18.2 Å². The molecule has 3 heteroatoms. The Morgan fingerprint density at radius 1 is 1.16 bits per heavy atom. The Kier molecular flexibility index (Phi) is 4.38. The molecule has 1 aliphatic heterocycles. The van der Waals surface area contributed by atoms with E-state index in [-0.39, 0.29) is 0 Å². The summed E-state index contributed by atoms with van der Waals surface area (Å²) in [5.74, 6) is 1.89. The van der Waals surface area contributed by atoms with Crippen molar-refractivity contribution in [2.24, 2.45) is 11.8 Å². The maximum atomic E-state index is 6.19. The van der Waals surface area contributed by atoms with E-state index in [4.69, 9.17) is 11.6 Å². The molecule has 104 valence electrons. The third-order valence-corrected chi connectivity index (χ3v) is 5.66. The number of nitrogens with zero attached hydrogens (tertiary/aromatic N) is 1. The average Bonchev–Trinajstić information content (AvgIpc) is 2.46. The van der Waals surface area contributed by atoms with E-state index in [1.165, 1.54) is 56.4 Å².